The van der Waals surface area contributed by atoms with Crippen molar-refractivity contribution in [2.75, 3.05) is 45.8 Å². The van der Waals surface area contributed by atoms with Crippen molar-refractivity contribution in [2.24, 2.45) is 0 Å². The number of aromatic nitrogens is 4. The largest absolute Gasteiger partial charge is 0.377 e. The molecule has 2 aromatic rings. The predicted molar refractivity (Wildman–Crippen MR) is 100 cm³/mol. The van der Waals surface area contributed by atoms with Crippen LogP contribution in [0.5, 0.6) is 0 Å². The van der Waals surface area contributed by atoms with Crippen LogP contribution in [0.4, 0.5) is 9.18 Å². The first-order valence-corrected chi connectivity index (χ1v) is 9.63. The molecule has 0 radical (unpaired) electrons. The molecule has 0 bridgehead atoms. The Labute approximate surface area is 166 Å². The highest BCUT2D eigenvalue weighted by molar-refractivity contribution is 5.78. The summed E-state index contributed by atoms with van der Waals surface area (Å²) < 4.78 is 14.9. The van der Waals surface area contributed by atoms with Gasteiger partial charge < -0.3 is 9.80 Å². The first-order valence-electron chi connectivity index (χ1n) is 9.63. The Hall–Kier alpha value is -3.08. The number of benzene rings is 1. The van der Waals surface area contributed by atoms with Crippen molar-refractivity contribution in [1.82, 2.24) is 34.5 Å². The standard InChI is InChI=1S/C18H22FN7O3/c19-14-4-3-5-15(12-14)25-18(29)26(21-20-25)17(28)24-10-8-22(9-11-24)13-16(27)23-6-1-2-7-23/h3-5,12H,1-2,6-11,13H2. The molecule has 0 saturated carbocycles. The summed E-state index contributed by atoms with van der Waals surface area (Å²) in [5.74, 6) is -0.397. The number of hydrogen-bond acceptors (Lipinski definition) is 6. The van der Waals surface area contributed by atoms with E-state index >= 15 is 0 Å². The number of amides is 2. The minimum atomic E-state index is -0.757. The van der Waals surface area contributed by atoms with Gasteiger partial charge in [-0.2, -0.15) is 4.68 Å². The van der Waals surface area contributed by atoms with Gasteiger partial charge in [0.25, 0.3) is 0 Å². The molecule has 3 heterocycles. The number of nitrogens with zero attached hydrogens (tertiary/aromatic N) is 7. The van der Waals surface area contributed by atoms with Gasteiger partial charge >= 0.3 is 11.7 Å². The molecule has 0 unspecified atom stereocenters. The van der Waals surface area contributed by atoms with Crippen LogP contribution in [-0.2, 0) is 4.79 Å². The van der Waals surface area contributed by atoms with Crippen LogP contribution in [0.3, 0.4) is 0 Å². The van der Waals surface area contributed by atoms with Crippen LogP contribution in [-0.4, -0.2) is 92.2 Å². The lowest BCUT2D eigenvalue weighted by atomic mass is 10.3. The highest BCUT2D eigenvalue weighted by Crippen LogP contribution is 2.10. The number of likely N-dealkylation sites (tertiary alicyclic amines) is 1. The molecular formula is C18H22FN7O3. The van der Waals surface area contributed by atoms with Crippen molar-refractivity contribution in [3.05, 3.63) is 40.6 Å². The quantitative estimate of drug-likeness (QED) is 0.658. The number of piperazine rings is 1. The van der Waals surface area contributed by atoms with E-state index < -0.39 is 17.5 Å². The number of carbonyl (C=O) groups excluding carboxylic acids is 2. The van der Waals surface area contributed by atoms with Crippen LogP contribution < -0.4 is 5.69 Å². The van der Waals surface area contributed by atoms with Gasteiger partial charge in [-0.05, 0) is 41.5 Å². The lowest BCUT2D eigenvalue weighted by Gasteiger charge is -2.34. The SMILES string of the molecule is O=C(CN1CCN(C(=O)n2nnn(-c3cccc(F)c3)c2=O)CC1)N1CCCC1. The molecule has 10 nitrogen and oxygen atoms in total. The topological polar surface area (TPSA) is 96.6 Å². The average molecular weight is 403 g/mol. The van der Waals surface area contributed by atoms with Crippen molar-refractivity contribution in [1.29, 1.82) is 0 Å². The van der Waals surface area contributed by atoms with Gasteiger partial charge in [0.05, 0.1) is 12.2 Å². The molecule has 29 heavy (non-hydrogen) atoms. The summed E-state index contributed by atoms with van der Waals surface area (Å²) in [5, 5.41) is 7.33. The van der Waals surface area contributed by atoms with Crippen molar-refractivity contribution in [2.45, 2.75) is 12.8 Å². The molecule has 0 atom stereocenters. The van der Waals surface area contributed by atoms with E-state index in [-0.39, 0.29) is 11.6 Å². The second kappa shape index (κ2) is 8.11. The van der Waals surface area contributed by atoms with Crippen molar-refractivity contribution >= 4 is 11.9 Å². The van der Waals surface area contributed by atoms with E-state index in [1.807, 2.05) is 9.80 Å². The molecule has 2 fully saturated rings. The second-order valence-corrected chi connectivity index (χ2v) is 7.20. The van der Waals surface area contributed by atoms with Crippen LogP contribution in [0.2, 0.25) is 0 Å². The maximum absolute atomic E-state index is 13.4. The monoisotopic (exact) mass is 403 g/mol. The summed E-state index contributed by atoms with van der Waals surface area (Å²) in [4.78, 5) is 42.8. The zero-order chi connectivity index (χ0) is 20.4. The normalized spacial score (nSPS) is 17.7. The Morgan fingerprint density at radius 3 is 2.38 bits per heavy atom. The van der Waals surface area contributed by atoms with Gasteiger partial charge in [0.1, 0.15) is 5.82 Å². The predicted octanol–water partition coefficient (Wildman–Crippen LogP) is -0.224. The van der Waals surface area contributed by atoms with E-state index in [0.29, 0.717) is 37.4 Å². The van der Waals surface area contributed by atoms with E-state index in [4.69, 9.17) is 0 Å². The Morgan fingerprint density at radius 2 is 1.69 bits per heavy atom. The first-order chi connectivity index (χ1) is 14.0. The summed E-state index contributed by atoms with van der Waals surface area (Å²) >= 11 is 0. The van der Waals surface area contributed by atoms with Gasteiger partial charge in [0, 0.05) is 39.3 Å². The molecule has 2 aliphatic rings. The summed E-state index contributed by atoms with van der Waals surface area (Å²) in [6, 6.07) is 4.76. The molecule has 2 amide bonds. The van der Waals surface area contributed by atoms with E-state index in [0.717, 1.165) is 36.7 Å². The van der Waals surface area contributed by atoms with Crippen molar-refractivity contribution in [3.8, 4) is 5.69 Å². The van der Waals surface area contributed by atoms with Gasteiger partial charge in [0.2, 0.25) is 5.91 Å². The molecule has 1 aromatic heterocycles. The van der Waals surface area contributed by atoms with Crippen LogP contribution in [0, 0.1) is 5.82 Å². The van der Waals surface area contributed by atoms with E-state index in [1.165, 1.54) is 23.1 Å². The van der Waals surface area contributed by atoms with E-state index in [1.54, 1.807) is 0 Å². The minimum absolute atomic E-state index is 0.122. The number of carbonyl (C=O) groups is 2. The number of halogens is 1. The molecule has 2 saturated heterocycles. The fourth-order valence-corrected chi connectivity index (χ4v) is 3.63. The Morgan fingerprint density at radius 1 is 0.966 bits per heavy atom. The van der Waals surface area contributed by atoms with Gasteiger partial charge in [0.15, 0.2) is 0 Å². The van der Waals surface area contributed by atoms with Crippen LogP contribution in [0.25, 0.3) is 5.69 Å². The van der Waals surface area contributed by atoms with Crippen LogP contribution >= 0.6 is 0 Å². The molecule has 2 aliphatic heterocycles. The Kier molecular flexibility index (Phi) is 5.38. The van der Waals surface area contributed by atoms with Gasteiger partial charge in [-0.15, -0.1) is 4.68 Å². The molecule has 0 N–H and O–H groups in total. The number of hydrogen-bond donors (Lipinski definition) is 0. The minimum Gasteiger partial charge on any atom is -0.342 e. The van der Waals surface area contributed by atoms with Gasteiger partial charge in [-0.3, -0.25) is 9.69 Å². The van der Waals surface area contributed by atoms with Crippen LogP contribution in [0.1, 0.15) is 12.8 Å². The molecule has 0 aliphatic carbocycles. The number of tetrazole rings is 1. The van der Waals surface area contributed by atoms with Gasteiger partial charge in [-0.25, -0.2) is 14.0 Å². The fourth-order valence-electron chi connectivity index (χ4n) is 3.63. The zero-order valence-corrected chi connectivity index (χ0v) is 15.9. The third-order valence-corrected chi connectivity index (χ3v) is 5.28. The summed E-state index contributed by atoms with van der Waals surface area (Å²) in [5.41, 5.74) is -0.563. The molecule has 11 heteroatoms. The highest BCUT2D eigenvalue weighted by atomic mass is 19.1. The van der Waals surface area contributed by atoms with Crippen molar-refractivity contribution in [3.63, 3.8) is 0 Å². The first kappa shape index (κ1) is 19.2. The summed E-state index contributed by atoms with van der Waals surface area (Å²) in [7, 11) is 0. The van der Waals surface area contributed by atoms with Crippen LogP contribution in [0.15, 0.2) is 29.1 Å². The van der Waals surface area contributed by atoms with Crippen molar-refractivity contribution < 1.29 is 14.0 Å². The molecule has 154 valence electrons. The molecule has 4 rings (SSSR count). The second-order valence-electron chi connectivity index (χ2n) is 7.20. The third kappa shape index (κ3) is 4.04. The lowest BCUT2D eigenvalue weighted by molar-refractivity contribution is -0.131. The maximum atomic E-state index is 13.4. The van der Waals surface area contributed by atoms with E-state index in [2.05, 4.69) is 10.4 Å². The van der Waals surface area contributed by atoms with E-state index in [9.17, 15) is 18.8 Å². The molecule has 0 spiro atoms. The fraction of sp³-hybridized carbons (Fsp3) is 0.500. The third-order valence-electron chi connectivity index (χ3n) is 5.28. The Balaban J connectivity index is 1.37. The lowest BCUT2D eigenvalue weighted by Crippen LogP contribution is -2.53. The summed E-state index contributed by atoms with van der Waals surface area (Å²) in [6.45, 7) is 3.83. The highest BCUT2D eigenvalue weighted by Gasteiger charge is 2.27. The van der Waals surface area contributed by atoms with Gasteiger partial charge in [-0.1, -0.05) is 6.07 Å². The average Bonchev–Trinajstić information content (AvgIpc) is 3.38. The number of rotatable bonds is 3. The zero-order valence-electron chi connectivity index (χ0n) is 15.9. The molecule has 1 aromatic carbocycles. The Bertz CT molecular complexity index is 958. The smallest absolute Gasteiger partial charge is 0.342 e. The molecular weight excluding hydrogens is 381 g/mol. The summed E-state index contributed by atoms with van der Waals surface area (Å²) in [6.07, 6.45) is 2.11. The maximum Gasteiger partial charge on any atom is 0.377 e.